The van der Waals surface area contributed by atoms with Gasteiger partial charge in [-0.1, -0.05) is 36.4 Å². The summed E-state index contributed by atoms with van der Waals surface area (Å²) < 4.78 is 28.6. The number of anilines is 3. The lowest BCUT2D eigenvalue weighted by Crippen LogP contribution is -2.54. The lowest BCUT2D eigenvalue weighted by Gasteiger charge is -2.27. The highest BCUT2D eigenvalue weighted by Gasteiger charge is 2.26. The molecule has 1 aliphatic rings. The molecule has 10 heteroatoms. The monoisotopic (exact) mass is 477 g/mol. The van der Waals surface area contributed by atoms with E-state index in [4.69, 9.17) is 0 Å². The van der Waals surface area contributed by atoms with Gasteiger partial charge in [-0.05, 0) is 61.4 Å². The molecule has 0 spiro atoms. The zero-order valence-electron chi connectivity index (χ0n) is 18.6. The van der Waals surface area contributed by atoms with Gasteiger partial charge in [-0.2, -0.15) is 0 Å². The fraction of sp³-hybridized carbons (Fsp3) is 0.125. The molecule has 0 fully saturated rings. The van der Waals surface area contributed by atoms with E-state index in [9.17, 15) is 18.0 Å². The highest BCUT2D eigenvalue weighted by atomic mass is 32.2. The number of nitrogens with zero attached hydrogens (tertiary/aromatic N) is 2. The first-order valence-corrected chi connectivity index (χ1v) is 11.9. The van der Waals surface area contributed by atoms with Crippen molar-refractivity contribution >= 4 is 44.7 Å². The van der Waals surface area contributed by atoms with Crippen molar-refractivity contribution in [3.05, 3.63) is 83.9 Å². The number of nitrogens with one attached hydrogen (secondary N) is 3. The fourth-order valence-corrected chi connectivity index (χ4v) is 4.73. The van der Waals surface area contributed by atoms with Crippen LogP contribution in [0.4, 0.5) is 17.1 Å². The van der Waals surface area contributed by atoms with Gasteiger partial charge in [0.15, 0.2) is 0 Å². The average Bonchev–Trinajstić information content (AvgIpc) is 2.81. The number of hydrogen-bond acceptors (Lipinski definition) is 6. The highest BCUT2D eigenvalue weighted by Crippen LogP contribution is 2.23. The SMILES string of the molecule is Cc1cccc(NS(=O)(=O)c2cc(NC(=O)C3=NCC(=O)N(c4ccccc4)N3)ccc2C)c1. The Morgan fingerprint density at radius 3 is 2.47 bits per heavy atom. The summed E-state index contributed by atoms with van der Waals surface area (Å²) >= 11 is 0. The van der Waals surface area contributed by atoms with Gasteiger partial charge in [-0.25, -0.2) is 13.4 Å². The second-order valence-electron chi connectivity index (χ2n) is 7.75. The summed E-state index contributed by atoms with van der Waals surface area (Å²) in [5.41, 5.74) is 5.45. The summed E-state index contributed by atoms with van der Waals surface area (Å²) in [6, 6.07) is 20.4. The van der Waals surface area contributed by atoms with E-state index in [0.29, 0.717) is 16.9 Å². The second-order valence-corrected chi connectivity index (χ2v) is 9.40. The lowest BCUT2D eigenvalue weighted by molar-refractivity contribution is -0.118. The number of sulfonamides is 1. The molecular weight excluding hydrogens is 454 g/mol. The van der Waals surface area contributed by atoms with Crippen molar-refractivity contribution < 1.29 is 18.0 Å². The maximum atomic E-state index is 13.0. The van der Waals surface area contributed by atoms with Gasteiger partial charge in [0, 0.05) is 11.4 Å². The molecule has 0 saturated carbocycles. The molecule has 2 amide bonds. The van der Waals surface area contributed by atoms with E-state index in [1.807, 2.05) is 19.1 Å². The normalized spacial score (nSPS) is 13.6. The smallest absolute Gasteiger partial charge is 0.292 e. The Morgan fingerprint density at radius 1 is 0.971 bits per heavy atom. The van der Waals surface area contributed by atoms with Gasteiger partial charge in [0.25, 0.3) is 21.8 Å². The van der Waals surface area contributed by atoms with Crippen LogP contribution >= 0.6 is 0 Å². The summed E-state index contributed by atoms with van der Waals surface area (Å²) in [6.07, 6.45) is 0. The van der Waals surface area contributed by atoms with Gasteiger partial charge in [-0.3, -0.25) is 24.7 Å². The van der Waals surface area contributed by atoms with Crippen LogP contribution in [0.15, 0.2) is 82.7 Å². The summed E-state index contributed by atoms with van der Waals surface area (Å²) in [5.74, 6) is -0.979. The zero-order chi connectivity index (χ0) is 24.3. The number of hydrogen-bond donors (Lipinski definition) is 3. The molecular formula is C24H23N5O4S. The number of hydrazine groups is 1. The molecule has 3 aromatic rings. The molecule has 0 aliphatic carbocycles. The van der Waals surface area contributed by atoms with Crippen molar-refractivity contribution in [2.24, 2.45) is 4.99 Å². The van der Waals surface area contributed by atoms with Gasteiger partial charge in [0.2, 0.25) is 5.84 Å². The van der Waals surface area contributed by atoms with Gasteiger partial charge < -0.3 is 5.32 Å². The first kappa shape index (κ1) is 23.0. The Kier molecular flexibility index (Phi) is 6.33. The molecule has 1 aliphatic heterocycles. The molecule has 1 heterocycles. The van der Waals surface area contributed by atoms with Crippen molar-refractivity contribution in [1.82, 2.24) is 5.43 Å². The van der Waals surface area contributed by atoms with Crippen LogP contribution in [-0.4, -0.2) is 32.6 Å². The summed E-state index contributed by atoms with van der Waals surface area (Å²) in [6.45, 7) is 3.35. The maximum absolute atomic E-state index is 13.0. The quantitative estimate of drug-likeness (QED) is 0.504. The van der Waals surface area contributed by atoms with E-state index in [-0.39, 0.29) is 28.9 Å². The third kappa shape index (κ3) is 5.07. The average molecular weight is 478 g/mol. The van der Waals surface area contributed by atoms with E-state index in [0.717, 1.165) is 5.56 Å². The first-order chi connectivity index (χ1) is 16.2. The van der Waals surface area contributed by atoms with Crippen LogP contribution in [0.5, 0.6) is 0 Å². The lowest BCUT2D eigenvalue weighted by atomic mass is 10.2. The number of carbonyl (C=O) groups is 2. The number of aryl methyl sites for hydroxylation is 2. The topological polar surface area (TPSA) is 120 Å². The van der Waals surface area contributed by atoms with Crippen molar-refractivity contribution in [1.29, 1.82) is 0 Å². The molecule has 9 nitrogen and oxygen atoms in total. The van der Waals surface area contributed by atoms with Crippen molar-refractivity contribution in [3.63, 3.8) is 0 Å². The second kappa shape index (κ2) is 9.36. The molecule has 0 bridgehead atoms. The van der Waals surface area contributed by atoms with Crippen LogP contribution in [0.2, 0.25) is 0 Å². The third-order valence-electron chi connectivity index (χ3n) is 5.07. The predicted octanol–water partition coefficient (Wildman–Crippen LogP) is 2.99. The highest BCUT2D eigenvalue weighted by molar-refractivity contribution is 7.92. The van der Waals surface area contributed by atoms with Gasteiger partial charge >= 0.3 is 0 Å². The minimum atomic E-state index is -3.90. The number of benzene rings is 3. The molecule has 0 radical (unpaired) electrons. The van der Waals surface area contributed by atoms with Gasteiger partial charge in [0.05, 0.1) is 10.6 Å². The van der Waals surface area contributed by atoms with Crippen LogP contribution in [0.25, 0.3) is 0 Å². The number of carbonyl (C=O) groups excluding carboxylic acids is 2. The van der Waals surface area contributed by atoms with Crippen LogP contribution in [-0.2, 0) is 19.6 Å². The van der Waals surface area contributed by atoms with E-state index in [2.05, 4.69) is 20.5 Å². The Hall–Kier alpha value is -4.18. The molecule has 0 saturated heterocycles. The maximum Gasteiger partial charge on any atom is 0.292 e. The van der Waals surface area contributed by atoms with Crippen molar-refractivity contribution in [3.8, 4) is 0 Å². The number of aliphatic imine (C=N–C) groups is 1. The third-order valence-corrected chi connectivity index (χ3v) is 6.60. The zero-order valence-corrected chi connectivity index (χ0v) is 19.4. The van der Waals surface area contributed by atoms with E-state index < -0.39 is 15.9 Å². The molecule has 3 aromatic carbocycles. The first-order valence-electron chi connectivity index (χ1n) is 10.4. The number of rotatable bonds is 6. The minimum absolute atomic E-state index is 0.0337. The Bertz CT molecular complexity index is 1390. The fourth-order valence-electron chi connectivity index (χ4n) is 3.41. The Balaban J connectivity index is 1.53. The molecule has 0 unspecified atom stereocenters. The van der Waals surface area contributed by atoms with E-state index in [1.165, 1.54) is 11.1 Å². The van der Waals surface area contributed by atoms with E-state index in [1.54, 1.807) is 61.5 Å². The number of para-hydroxylation sites is 1. The van der Waals surface area contributed by atoms with Gasteiger partial charge in [-0.15, -0.1) is 0 Å². The molecule has 3 N–H and O–H groups in total. The molecule has 174 valence electrons. The number of amidine groups is 1. The van der Waals surface area contributed by atoms with E-state index >= 15 is 0 Å². The van der Waals surface area contributed by atoms with Crippen molar-refractivity contribution in [2.45, 2.75) is 18.7 Å². The van der Waals surface area contributed by atoms with Crippen molar-refractivity contribution in [2.75, 3.05) is 21.6 Å². The molecule has 4 rings (SSSR count). The number of amides is 2. The molecule has 34 heavy (non-hydrogen) atoms. The molecule has 0 aromatic heterocycles. The van der Waals surface area contributed by atoms with Crippen LogP contribution < -0.4 is 20.5 Å². The minimum Gasteiger partial charge on any atom is -0.319 e. The predicted molar refractivity (Wildman–Crippen MR) is 131 cm³/mol. The molecule has 0 atom stereocenters. The Morgan fingerprint density at radius 2 is 1.74 bits per heavy atom. The van der Waals surface area contributed by atoms with Crippen LogP contribution in [0, 0.1) is 13.8 Å². The van der Waals surface area contributed by atoms with Gasteiger partial charge in [0.1, 0.15) is 6.54 Å². The van der Waals surface area contributed by atoms with Crippen LogP contribution in [0.1, 0.15) is 11.1 Å². The van der Waals surface area contributed by atoms with Crippen LogP contribution in [0.3, 0.4) is 0 Å². The summed E-state index contributed by atoms with van der Waals surface area (Å²) in [4.78, 5) is 29.1. The standard InChI is InChI=1S/C24H23N5O4S/c1-16-7-6-8-19(13-16)28-34(32,33)21-14-18(12-11-17(21)2)26-24(31)23-25-15-22(30)29(27-23)20-9-4-3-5-10-20/h3-14,28H,15H2,1-2H3,(H,25,27)(H,26,31). The summed E-state index contributed by atoms with van der Waals surface area (Å²) in [5, 5.41) is 3.90. The Labute approximate surface area is 197 Å². The largest absolute Gasteiger partial charge is 0.319 e. The summed E-state index contributed by atoms with van der Waals surface area (Å²) in [7, 11) is -3.90.